The van der Waals surface area contributed by atoms with Crippen LogP contribution in [0.15, 0.2) is 59.8 Å². The van der Waals surface area contributed by atoms with Crippen LogP contribution >= 0.6 is 11.8 Å². The number of carbonyl (C=O) groups excluding carboxylic acids is 1. The Morgan fingerprint density at radius 1 is 1.07 bits per heavy atom. The van der Waals surface area contributed by atoms with Crippen LogP contribution in [0.1, 0.15) is 26.3 Å². The third-order valence-electron chi connectivity index (χ3n) is 4.04. The van der Waals surface area contributed by atoms with E-state index >= 15 is 0 Å². The fourth-order valence-corrected chi connectivity index (χ4v) is 3.56. The Bertz CT molecular complexity index is 968. The van der Waals surface area contributed by atoms with E-state index in [0.29, 0.717) is 23.1 Å². The van der Waals surface area contributed by atoms with Crippen LogP contribution in [0.3, 0.4) is 0 Å². The molecule has 0 saturated heterocycles. The number of benzene rings is 2. The highest BCUT2D eigenvalue weighted by molar-refractivity contribution is 7.99. The van der Waals surface area contributed by atoms with Gasteiger partial charge < -0.3 is 9.30 Å². The topological polar surface area (TPSA) is 57.0 Å². The summed E-state index contributed by atoms with van der Waals surface area (Å²) in [5.74, 6) is -0.124. The van der Waals surface area contributed by atoms with Crippen molar-refractivity contribution in [1.82, 2.24) is 14.8 Å². The molecule has 0 aliphatic rings. The first-order chi connectivity index (χ1) is 13.8. The fraction of sp³-hybridized carbons (Fsp3) is 0.318. The number of nitrogens with zero attached hydrogens (tertiary/aromatic N) is 3. The summed E-state index contributed by atoms with van der Waals surface area (Å²) in [4.78, 5) is 12.1. The van der Waals surface area contributed by atoms with Crippen molar-refractivity contribution >= 4 is 17.7 Å². The lowest BCUT2D eigenvalue weighted by Crippen LogP contribution is -2.25. The van der Waals surface area contributed by atoms with Gasteiger partial charge in [-0.15, -0.1) is 10.2 Å². The van der Waals surface area contributed by atoms with Crippen molar-refractivity contribution in [2.75, 3.05) is 5.75 Å². The molecule has 2 aromatic carbocycles. The number of aromatic nitrogens is 3. The van der Waals surface area contributed by atoms with E-state index in [2.05, 4.69) is 10.2 Å². The first-order valence-electron chi connectivity index (χ1n) is 9.40. The van der Waals surface area contributed by atoms with Gasteiger partial charge in [-0.3, -0.25) is 4.79 Å². The summed E-state index contributed by atoms with van der Waals surface area (Å²) >= 11 is 1.24. The lowest BCUT2D eigenvalue weighted by atomic mass is 10.1. The van der Waals surface area contributed by atoms with Crippen molar-refractivity contribution in [2.45, 2.75) is 44.5 Å². The van der Waals surface area contributed by atoms with Gasteiger partial charge in [-0.05, 0) is 44.9 Å². The molecule has 0 spiro atoms. The summed E-state index contributed by atoms with van der Waals surface area (Å²) in [7, 11) is 0. The summed E-state index contributed by atoms with van der Waals surface area (Å²) in [5.41, 5.74) is 0.998. The smallest absolute Gasteiger partial charge is 0.316 e. The normalized spacial score (nSPS) is 11.4. The molecule has 152 valence electrons. The average molecular weight is 414 g/mol. The molecule has 0 atom stereocenters. The Labute approximate surface area is 174 Å². The molecule has 3 aromatic rings. The molecular weight excluding hydrogens is 389 g/mol. The second-order valence-electron chi connectivity index (χ2n) is 7.55. The molecule has 0 N–H and O–H groups in total. The van der Waals surface area contributed by atoms with Crippen molar-refractivity contribution in [1.29, 1.82) is 0 Å². The first-order valence-corrected chi connectivity index (χ1v) is 10.4. The zero-order valence-corrected chi connectivity index (χ0v) is 17.6. The third kappa shape index (κ3) is 5.90. The van der Waals surface area contributed by atoms with Gasteiger partial charge in [0.15, 0.2) is 11.0 Å². The molecule has 3 rings (SSSR count). The average Bonchev–Trinajstić information content (AvgIpc) is 3.07. The highest BCUT2D eigenvalue weighted by Gasteiger charge is 2.20. The van der Waals surface area contributed by atoms with E-state index < -0.39 is 5.60 Å². The van der Waals surface area contributed by atoms with Gasteiger partial charge in [0, 0.05) is 6.54 Å². The van der Waals surface area contributed by atoms with Crippen LogP contribution in [-0.4, -0.2) is 32.1 Å². The molecule has 7 heteroatoms. The van der Waals surface area contributed by atoms with Crippen LogP contribution in [0.4, 0.5) is 4.39 Å². The Morgan fingerprint density at radius 2 is 1.76 bits per heavy atom. The van der Waals surface area contributed by atoms with Crippen LogP contribution in [0.5, 0.6) is 0 Å². The van der Waals surface area contributed by atoms with E-state index in [1.807, 2.05) is 55.7 Å². The van der Waals surface area contributed by atoms with E-state index in [9.17, 15) is 9.18 Å². The zero-order chi connectivity index (χ0) is 20.9. The van der Waals surface area contributed by atoms with Gasteiger partial charge in [0.25, 0.3) is 0 Å². The van der Waals surface area contributed by atoms with Crippen LogP contribution in [0, 0.1) is 5.82 Å². The summed E-state index contributed by atoms with van der Waals surface area (Å²) in [6.45, 7) is 6.05. The van der Waals surface area contributed by atoms with Crippen molar-refractivity contribution in [2.24, 2.45) is 0 Å². The van der Waals surface area contributed by atoms with Crippen LogP contribution < -0.4 is 0 Å². The number of esters is 1. The van der Waals surface area contributed by atoms with Gasteiger partial charge in [0.05, 0.1) is 11.3 Å². The second kappa shape index (κ2) is 9.22. The molecule has 5 nitrogen and oxygen atoms in total. The monoisotopic (exact) mass is 413 g/mol. The van der Waals surface area contributed by atoms with Crippen molar-refractivity contribution < 1.29 is 13.9 Å². The van der Waals surface area contributed by atoms with Crippen molar-refractivity contribution in [3.8, 4) is 11.4 Å². The number of thioether (sulfide) groups is 1. The number of halogens is 1. The number of hydrogen-bond donors (Lipinski definition) is 0. The van der Waals surface area contributed by atoms with Gasteiger partial charge in [-0.1, -0.05) is 54.2 Å². The minimum absolute atomic E-state index is 0.109. The summed E-state index contributed by atoms with van der Waals surface area (Å²) in [5, 5.41) is 8.99. The minimum Gasteiger partial charge on any atom is -0.459 e. The van der Waals surface area contributed by atoms with E-state index in [4.69, 9.17) is 4.74 Å². The molecule has 0 saturated carbocycles. The van der Waals surface area contributed by atoms with E-state index in [0.717, 1.165) is 12.0 Å². The molecular formula is C22H24FN3O2S. The molecule has 1 aromatic heterocycles. The van der Waals surface area contributed by atoms with Crippen molar-refractivity contribution in [3.05, 3.63) is 66.0 Å². The molecule has 29 heavy (non-hydrogen) atoms. The van der Waals surface area contributed by atoms with Gasteiger partial charge in [0.2, 0.25) is 0 Å². The Kier molecular flexibility index (Phi) is 6.69. The van der Waals surface area contributed by atoms with Crippen LogP contribution in [0.25, 0.3) is 11.4 Å². The number of aryl methyl sites for hydroxylation is 1. The fourth-order valence-electron chi connectivity index (χ4n) is 2.82. The molecule has 0 unspecified atom stereocenters. The first kappa shape index (κ1) is 21.0. The number of ether oxygens (including phenoxy) is 1. The van der Waals surface area contributed by atoms with E-state index in [1.165, 1.54) is 17.8 Å². The quantitative estimate of drug-likeness (QED) is 0.413. The van der Waals surface area contributed by atoms with Gasteiger partial charge >= 0.3 is 5.97 Å². The zero-order valence-electron chi connectivity index (χ0n) is 16.8. The lowest BCUT2D eigenvalue weighted by Gasteiger charge is -2.19. The maximum atomic E-state index is 14.4. The molecule has 1 heterocycles. The number of hydrogen-bond acceptors (Lipinski definition) is 5. The highest BCUT2D eigenvalue weighted by atomic mass is 32.2. The Morgan fingerprint density at radius 3 is 2.45 bits per heavy atom. The summed E-state index contributed by atoms with van der Waals surface area (Å²) < 4.78 is 21.6. The van der Waals surface area contributed by atoms with Gasteiger partial charge in [-0.2, -0.15) is 0 Å². The summed E-state index contributed by atoms with van der Waals surface area (Å²) in [6.07, 6.45) is 0.736. The number of carbonyl (C=O) groups is 1. The summed E-state index contributed by atoms with van der Waals surface area (Å²) in [6, 6.07) is 16.5. The second-order valence-corrected chi connectivity index (χ2v) is 8.49. The largest absolute Gasteiger partial charge is 0.459 e. The predicted octanol–water partition coefficient (Wildman–Crippen LogP) is 4.76. The molecule has 0 aliphatic heterocycles. The standard InChI is InChI=1S/C22H24FN3O2S/c1-22(2,3)28-19(27)15-29-21-25-24-20(17-11-7-8-12-18(17)23)26(21)14-13-16-9-5-4-6-10-16/h4-12H,13-15H2,1-3H3. The molecule has 0 amide bonds. The minimum atomic E-state index is -0.545. The molecule has 0 bridgehead atoms. The molecule has 0 fully saturated rings. The maximum Gasteiger partial charge on any atom is 0.316 e. The van der Waals surface area contributed by atoms with Crippen LogP contribution in [-0.2, 0) is 22.5 Å². The SMILES string of the molecule is CC(C)(C)OC(=O)CSc1nnc(-c2ccccc2F)n1CCc1ccccc1. The van der Waals surface area contributed by atoms with E-state index in [-0.39, 0.29) is 17.5 Å². The van der Waals surface area contributed by atoms with Gasteiger partial charge in [0.1, 0.15) is 11.4 Å². The Balaban J connectivity index is 1.83. The lowest BCUT2D eigenvalue weighted by molar-refractivity contribution is -0.151. The molecule has 0 radical (unpaired) electrons. The van der Waals surface area contributed by atoms with Crippen molar-refractivity contribution in [3.63, 3.8) is 0 Å². The van der Waals surface area contributed by atoms with E-state index in [1.54, 1.807) is 18.2 Å². The maximum absolute atomic E-state index is 14.4. The third-order valence-corrected chi connectivity index (χ3v) is 4.98. The van der Waals surface area contributed by atoms with Gasteiger partial charge in [-0.25, -0.2) is 4.39 Å². The predicted molar refractivity (Wildman–Crippen MR) is 112 cm³/mol. The highest BCUT2D eigenvalue weighted by Crippen LogP contribution is 2.26. The molecule has 0 aliphatic carbocycles. The van der Waals surface area contributed by atoms with Crippen LogP contribution in [0.2, 0.25) is 0 Å². The Hall–Kier alpha value is -2.67. The number of rotatable bonds is 7.